The van der Waals surface area contributed by atoms with Crippen molar-refractivity contribution >= 4 is 28.9 Å². The summed E-state index contributed by atoms with van der Waals surface area (Å²) in [6.45, 7) is 4.48. The van der Waals surface area contributed by atoms with Crippen molar-refractivity contribution in [3.8, 4) is 0 Å². The van der Waals surface area contributed by atoms with Crippen LogP contribution in [0.15, 0.2) is 18.2 Å². The predicted octanol–water partition coefficient (Wildman–Crippen LogP) is 4.28. The molecule has 0 atom stereocenters. The molecule has 1 N–H and O–H groups in total. The summed E-state index contributed by atoms with van der Waals surface area (Å²) in [6, 6.07) is 5.58. The Balaban J connectivity index is 1.77. The summed E-state index contributed by atoms with van der Waals surface area (Å²) in [6.07, 6.45) is 5.43. The minimum Gasteiger partial charge on any atom is -0.383 e. The third kappa shape index (κ3) is 4.34. The molecule has 18 heavy (non-hydrogen) atoms. The van der Waals surface area contributed by atoms with E-state index in [4.69, 9.17) is 23.2 Å². The zero-order valence-corrected chi connectivity index (χ0v) is 12.1. The summed E-state index contributed by atoms with van der Waals surface area (Å²) in [5.74, 6) is 0. The fraction of sp³-hybridized carbons (Fsp3) is 0.571. The number of hydrogen-bond donors (Lipinski definition) is 1. The second kappa shape index (κ2) is 7.22. The normalized spacial score (nSPS) is 17.4. The fourth-order valence-corrected chi connectivity index (χ4v) is 2.82. The lowest BCUT2D eigenvalue weighted by Gasteiger charge is -2.20. The molecule has 1 saturated heterocycles. The molecule has 2 nitrogen and oxygen atoms in total. The van der Waals surface area contributed by atoms with Crippen molar-refractivity contribution in [2.45, 2.75) is 25.7 Å². The monoisotopic (exact) mass is 286 g/mol. The maximum absolute atomic E-state index is 6.12. The Hall–Kier alpha value is -0.440. The Bertz CT molecular complexity index is 374. The van der Waals surface area contributed by atoms with Crippen molar-refractivity contribution in [2.75, 3.05) is 31.5 Å². The number of anilines is 1. The van der Waals surface area contributed by atoms with E-state index >= 15 is 0 Å². The van der Waals surface area contributed by atoms with Crippen LogP contribution < -0.4 is 5.32 Å². The van der Waals surface area contributed by atoms with Gasteiger partial charge in [0.15, 0.2) is 0 Å². The molecule has 0 aliphatic carbocycles. The van der Waals surface area contributed by atoms with Crippen LogP contribution in [0.5, 0.6) is 0 Å². The van der Waals surface area contributed by atoms with Crippen LogP contribution in [0.1, 0.15) is 25.7 Å². The number of likely N-dealkylation sites (tertiary alicyclic amines) is 1. The standard InChI is InChI=1S/C14H20Cl2N2/c15-12-5-6-14(13(16)11-12)17-7-10-18-8-3-1-2-4-9-18/h5-6,11,17H,1-4,7-10H2. The molecular formula is C14H20Cl2N2. The van der Waals surface area contributed by atoms with Crippen LogP contribution >= 0.6 is 23.2 Å². The van der Waals surface area contributed by atoms with Crippen LogP contribution in [0, 0.1) is 0 Å². The third-order valence-corrected chi connectivity index (χ3v) is 3.92. The molecule has 1 aromatic carbocycles. The number of nitrogens with zero attached hydrogens (tertiary/aromatic N) is 1. The van der Waals surface area contributed by atoms with E-state index in [0.717, 1.165) is 18.8 Å². The molecule has 1 heterocycles. The molecule has 1 fully saturated rings. The number of nitrogens with one attached hydrogen (secondary N) is 1. The van der Waals surface area contributed by atoms with Crippen LogP contribution in [-0.2, 0) is 0 Å². The van der Waals surface area contributed by atoms with Gasteiger partial charge in [-0.05, 0) is 44.1 Å². The predicted molar refractivity (Wildman–Crippen MR) is 79.9 cm³/mol. The van der Waals surface area contributed by atoms with Crippen molar-refractivity contribution in [3.05, 3.63) is 28.2 Å². The second-order valence-corrected chi connectivity index (χ2v) is 5.65. The average molecular weight is 287 g/mol. The van der Waals surface area contributed by atoms with E-state index in [0.29, 0.717) is 10.0 Å². The lowest BCUT2D eigenvalue weighted by atomic mass is 10.2. The van der Waals surface area contributed by atoms with Gasteiger partial charge in [0.2, 0.25) is 0 Å². The van der Waals surface area contributed by atoms with E-state index in [9.17, 15) is 0 Å². The molecule has 0 aromatic heterocycles. The number of rotatable bonds is 4. The molecule has 0 spiro atoms. The first-order valence-corrected chi connectivity index (χ1v) is 7.42. The van der Waals surface area contributed by atoms with Gasteiger partial charge in [0.1, 0.15) is 0 Å². The minimum absolute atomic E-state index is 0.679. The Kier molecular flexibility index (Phi) is 5.61. The summed E-state index contributed by atoms with van der Waals surface area (Å²) in [7, 11) is 0. The molecule has 0 radical (unpaired) electrons. The molecule has 1 aromatic rings. The molecule has 2 rings (SSSR count). The Labute approximate surface area is 119 Å². The average Bonchev–Trinajstić information content (AvgIpc) is 2.60. The van der Waals surface area contributed by atoms with Crippen LogP contribution in [0.2, 0.25) is 10.0 Å². The van der Waals surface area contributed by atoms with Gasteiger partial charge in [0, 0.05) is 18.1 Å². The van der Waals surface area contributed by atoms with Gasteiger partial charge >= 0.3 is 0 Å². The highest BCUT2D eigenvalue weighted by atomic mass is 35.5. The highest BCUT2D eigenvalue weighted by molar-refractivity contribution is 6.36. The first-order valence-electron chi connectivity index (χ1n) is 6.67. The maximum Gasteiger partial charge on any atom is 0.0652 e. The van der Waals surface area contributed by atoms with Crippen LogP contribution in [0.4, 0.5) is 5.69 Å². The van der Waals surface area contributed by atoms with E-state index in [-0.39, 0.29) is 0 Å². The SMILES string of the molecule is Clc1ccc(NCCN2CCCCCC2)c(Cl)c1. The van der Waals surface area contributed by atoms with Gasteiger partial charge in [0.05, 0.1) is 10.7 Å². The maximum atomic E-state index is 6.12. The largest absolute Gasteiger partial charge is 0.383 e. The van der Waals surface area contributed by atoms with Crippen molar-refractivity contribution in [1.29, 1.82) is 0 Å². The summed E-state index contributed by atoms with van der Waals surface area (Å²) in [5, 5.41) is 4.75. The van der Waals surface area contributed by atoms with Crippen molar-refractivity contribution < 1.29 is 0 Å². The lowest BCUT2D eigenvalue weighted by Crippen LogP contribution is -2.30. The van der Waals surface area contributed by atoms with Gasteiger partial charge < -0.3 is 10.2 Å². The fourth-order valence-electron chi connectivity index (χ4n) is 2.34. The van der Waals surface area contributed by atoms with Crippen LogP contribution in [0.3, 0.4) is 0 Å². The van der Waals surface area contributed by atoms with Gasteiger partial charge in [-0.25, -0.2) is 0 Å². The van der Waals surface area contributed by atoms with Gasteiger partial charge in [-0.3, -0.25) is 0 Å². The van der Waals surface area contributed by atoms with Crippen LogP contribution in [0.25, 0.3) is 0 Å². The summed E-state index contributed by atoms with van der Waals surface area (Å²) >= 11 is 12.0. The van der Waals surface area contributed by atoms with Gasteiger partial charge in [0.25, 0.3) is 0 Å². The first-order chi connectivity index (χ1) is 8.75. The van der Waals surface area contributed by atoms with Gasteiger partial charge in [-0.1, -0.05) is 36.0 Å². The molecule has 0 bridgehead atoms. The van der Waals surface area contributed by atoms with Gasteiger partial charge in [-0.2, -0.15) is 0 Å². The summed E-state index contributed by atoms with van der Waals surface area (Å²) < 4.78 is 0. The van der Waals surface area contributed by atoms with E-state index in [1.54, 1.807) is 6.07 Å². The smallest absolute Gasteiger partial charge is 0.0652 e. The lowest BCUT2D eigenvalue weighted by molar-refractivity contribution is 0.296. The number of benzene rings is 1. The van der Waals surface area contributed by atoms with E-state index in [2.05, 4.69) is 10.2 Å². The molecule has 0 amide bonds. The Morgan fingerprint density at radius 3 is 2.44 bits per heavy atom. The van der Waals surface area contributed by atoms with E-state index in [1.165, 1.54) is 38.8 Å². The van der Waals surface area contributed by atoms with E-state index < -0.39 is 0 Å². The molecule has 0 unspecified atom stereocenters. The zero-order valence-electron chi connectivity index (χ0n) is 10.6. The topological polar surface area (TPSA) is 15.3 Å². The summed E-state index contributed by atoms with van der Waals surface area (Å²) in [5.41, 5.74) is 0.968. The molecule has 100 valence electrons. The van der Waals surface area contributed by atoms with Crippen molar-refractivity contribution in [3.63, 3.8) is 0 Å². The Morgan fingerprint density at radius 1 is 1.06 bits per heavy atom. The molecule has 1 aliphatic heterocycles. The zero-order chi connectivity index (χ0) is 12.8. The summed E-state index contributed by atoms with van der Waals surface area (Å²) in [4.78, 5) is 2.53. The second-order valence-electron chi connectivity index (χ2n) is 4.81. The highest BCUT2D eigenvalue weighted by Crippen LogP contribution is 2.25. The van der Waals surface area contributed by atoms with E-state index in [1.807, 2.05) is 12.1 Å². The minimum atomic E-state index is 0.679. The van der Waals surface area contributed by atoms with Gasteiger partial charge in [-0.15, -0.1) is 0 Å². The molecule has 4 heteroatoms. The van der Waals surface area contributed by atoms with Crippen molar-refractivity contribution in [2.24, 2.45) is 0 Å². The molecule has 1 aliphatic rings. The van der Waals surface area contributed by atoms with Crippen molar-refractivity contribution in [1.82, 2.24) is 4.90 Å². The number of halogens is 2. The first kappa shape index (κ1) is 14.0. The molecule has 0 saturated carbocycles. The Morgan fingerprint density at radius 2 is 1.78 bits per heavy atom. The highest BCUT2D eigenvalue weighted by Gasteiger charge is 2.08. The number of hydrogen-bond acceptors (Lipinski definition) is 2. The van der Waals surface area contributed by atoms with Crippen LogP contribution in [-0.4, -0.2) is 31.1 Å². The quantitative estimate of drug-likeness (QED) is 0.889. The third-order valence-electron chi connectivity index (χ3n) is 3.37. The molecular weight excluding hydrogens is 267 g/mol.